The van der Waals surface area contributed by atoms with Crippen LogP contribution < -0.4 is 17.0 Å². The molecule has 4 aromatic rings. The van der Waals surface area contributed by atoms with Crippen LogP contribution in [0.15, 0.2) is 23.8 Å². The maximum atomic E-state index is 15.8. The number of rotatable bonds is 7. The van der Waals surface area contributed by atoms with Crippen molar-refractivity contribution in [3.8, 4) is 12.3 Å². The van der Waals surface area contributed by atoms with E-state index in [1.165, 1.54) is 17.2 Å². The van der Waals surface area contributed by atoms with Crippen LogP contribution in [0.5, 0.6) is 0 Å². The number of nitrogen functional groups attached to an aromatic ring is 2. The molecule has 2 aliphatic heterocycles. The summed E-state index contributed by atoms with van der Waals surface area (Å²) in [5, 5.41) is 31.9. The normalized spacial score (nSPS) is 36.0. The third-order valence-electron chi connectivity index (χ3n) is 7.79. The predicted molar refractivity (Wildman–Crippen MR) is 147 cm³/mol. The van der Waals surface area contributed by atoms with Gasteiger partial charge in [-0.05, 0) is 11.8 Å². The fourth-order valence-electron chi connectivity index (χ4n) is 5.45. The number of aromatic nitrogens is 8. The first kappa shape index (κ1) is 29.1. The number of H-pyrrole nitrogens is 1. The Morgan fingerprint density at radius 2 is 1.84 bits per heavy atom. The first-order valence-corrected chi connectivity index (χ1v) is 15.3. The van der Waals surface area contributed by atoms with Gasteiger partial charge in [0.25, 0.3) is 5.56 Å². The van der Waals surface area contributed by atoms with Crippen molar-refractivity contribution in [1.29, 1.82) is 0 Å². The summed E-state index contributed by atoms with van der Waals surface area (Å²) in [5.74, 6) is 2.02. The lowest BCUT2D eigenvalue weighted by Gasteiger charge is -2.31. The van der Waals surface area contributed by atoms with Crippen LogP contribution in [0.25, 0.3) is 22.3 Å². The van der Waals surface area contributed by atoms with Gasteiger partial charge in [-0.15, -0.1) is 6.42 Å². The maximum absolute atomic E-state index is 15.8. The molecule has 22 heteroatoms. The molecule has 3 aliphatic rings. The number of fused-ring (bicyclic) bond motifs is 3. The highest BCUT2D eigenvalue weighted by Gasteiger charge is 2.80. The van der Waals surface area contributed by atoms with Gasteiger partial charge in [-0.1, -0.05) is 5.92 Å². The second-order valence-electron chi connectivity index (χ2n) is 10.3. The summed E-state index contributed by atoms with van der Waals surface area (Å²) in [5.41, 5.74) is 6.29. The molecule has 232 valence electrons. The van der Waals surface area contributed by atoms with E-state index in [0.717, 1.165) is 10.9 Å². The van der Waals surface area contributed by atoms with E-state index in [1.54, 1.807) is 0 Å². The van der Waals surface area contributed by atoms with Crippen LogP contribution >= 0.6 is 6.72 Å². The SMILES string of the molecule is C#C[C@]1(COP(O)(=S)OC2[C@H](n3cnc4c(=O)[nH]c(N)nc43)O[C@@H]3C(O)[C@@]23F)O[C@@H](n2cnc3c(N)ncnc32)[C@H](O)[C@@H]1O. The van der Waals surface area contributed by atoms with Crippen molar-refractivity contribution in [2.75, 3.05) is 18.1 Å². The van der Waals surface area contributed by atoms with Gasteiger partial charge in [0, 0.05) is 0 Å². The molecule has 0 radical (unpaired) electrons. The molecule has 0 amide bonds. The number of hydrogen-bond donors (Lipinski definition) is 7. The fraction of sp³-hybridized carbons (Fsp3) is 0.455. The van der Waals surface area contributed by atoms with Crippen LogP contribution in [0.2, 0.25) is 0 Å². The molecule has 6 heterocycles. The molecule has 2 saturated heterocycles. The van der Waals surface area contributed by atoms with Crippen LogP contribution in [-0.2, 0) is 30.3 Å². The minimum atomic E-state index is -4.49. The molecule has 0 aromatic carbocycles. The van der Waals surface area contributed by atoms with Gasteiger partial charge in [0.1, 0.15) is 36.3 Å². The summed E-state index contributed by atoms with van der Waals surface area (Å²) in [6.45, 7) is -5.32. The summed E-state index contributed by atoms with van der Waals surface area (Å²) in [6.07, 6.45) is -1.81. The number of aromatic amines is 1. The summed E-state index contributed by atoms with van der Waals surface area (Å²) in [7, 11) is 0. The Morgan fingerprint density at radius 1 is 1.14 bits per heavy atom. The number of nitrogens with zero attached hydrogens (tertiary/aromatic N) is 7. The number of hydrogen-bond acceptors (Lipinski definition) is 16. The van der Waals surface area contributed by atoms with Gasteiger partial charge in [-0.25, -0.2) is 24.3 Å². The number of anilines is 2. The molecular weight excluding hydrogens is 630 g/mol. The molecule has 9 N–H and O–H groups in total. The van der Waals surface area contributed by atoms with Gasteiger partial charge in [0.15, 0.2) is 52.5 Å². The summed E-state index contributed by atoms with van der Waals surface area (Å²) in [6, 6.07) is 0. The third-order valence-corrected chi connectivity index (χ3v) is 9.32. The monoisotopic (exact) mass is 652 g/mol. The lowest BCUT2D eigenvalue weighted by Crippen LogP contribution is -2.45. The van der Waals surface area contributed by atoms with E-state index in [2.05, 4.69) is 35.8 Å². The van der Waals surface area contributed by atoms with Gasteiger partial charge in [-0.2, -0.15) is 4.98 Å². The zero-order valence-corrected chi connectivity index (χ0v) is 23.6. The first-order valence-electron chi connectivity index (χ1n) is 12.7. The zero-order valence-electron chi connectivity index (χ0n) is 21.9. The van der Waals surface area contributed by atoms with E-state index in [4.69, 9.17) is 48.2 Å². The topological polar surface area (TPSA) is 277 Å². The van der Waals surface area contributed by atoms with E-state index in [0.29, 0.717) is 0 Å². The molecule has 1 aliphatic carbocycles. The number of alkyl halides is 1. The molecule has 0 bridgehead atoms. The molecule has 19 nitrogen and oxygen atoms in total. The number of imidazole rings is 2. The second kappa shape index (κ2) is 9.66. The highest BCUT2D eigenvalue weighted by molar-refractivity contribution is 8.07. The van der Waals surface area contributed by atoms with Crippen molar-refractivity contribution in [1.82, 2.24) is 39.0 Å². The number of terminal acetylenes is 1. The van der Waals surface area contributed by atoms with Crippen molar-refractivity contribution in [2.24, 2.45) is 0 Å². The Labute approximate surface area is 248 Å². The molecule has 1 saturated carbocycles. The minimum Gasteiger partial charge on any atom is -0.387 e. The Kier molecular flexibility index (Phi) is 6.38. The molecule has 0 spiro atoms. The third kappa shape index (κ3) is 4.08. The van der Waals surface area contributed by atoms with Gasteiger partial charge in [0.2, 0.25) is 5.95 Å². The van der Waals surface area contributed by atoms with Crippen LogP contribution in [0.1, 0.15) is 12.5 Å². The second-order valence-corrected chi connectivity index (χ2v) is 13.1. The Morgan fingerprint density at radius 3 is 2.57 bits per heavy atom. The van der Waals surface area contributed by atoms with Crippen LogP contribution in [0.4, 0.5) is 16.2 Å². The van der Waals surface area contributed by atoms with Crippen molar-refractivity contribution >= 4 is 52.6 Å². The van der Waals surface area contributed by atoms with Gasteiger partial charge >= 0.3 is 6.72 Å². The molecule has 44 heavy (non-hydrogen) atoms. The van der Waals surface area contributed by atoms with E-state index < -0.39 is 73.1 Å². The lowest BCUT2D eigenvalue weighted by molar-refractivity contribution is -0.0965. The van der Waals surface area contributed by atoms with Gasteiger partial charge < -0.3 is 45.7 Å². The lowest BCUT2D eigenvalue weighted by atomic mass is 9.97. The molecule has 3 unspecified atom stereocenters. The average molecular weight is 653 g/mol. The van der Waals surface area contributed by atoms with Crippen LogP contribution in [-0.4, -0.2) is 108 Å². The molecular formula is C22H22FN10O9PS. The Bertz CT molecular complexity index is 1970. The predicted octanol–water partition coefficient (Wildman–Crippen LogP) is -2.65. The molecule has 10 atom stereocenters. The number of nitrogens with one attached hydrogen (secondary N) is 1. The smallest absolute Gasteiger partial charge is 0.325 e. The van der Waals surface area contributed by atoms with E-state index in [1.807, 2.05) is 0 Å². The zero-order chi connectivity index (χ0) is 31.3. The number of ether oxygens (including phenoxy) is 2. The Hall–Kier alpha value is -3.68. The quantitative estimate of drug-likeness (QED) is 0.0792. The maximum Gasteiger partial charge on any atom is 0.325 e. The number of nitrogens with two attached hydrogens (primary N) is 2. The highest BCUT2D eigenvalue weighted by atomic mass is 32.5. The highest BCUT2D eigenvalue weighted by Crippen LogP contribution is 2.62. The van der Waals surface area contributed by atoms with Crippen molar-refractivity contribution in [3.05, 3.63) is 29.3 Å². The van der Waals surface area contributed by atoms with Crippen LogP contribution in [0.3, 0.4) is 0 Å². The molecule has 7 rings (SSSR count). The van der Waals surface area contributed by atoms with Crippen molar-refractivity contribution in [2.45, 2.75) is 54.2 Å². The number of aliphatic hydroxyl groups excluding tert-OH is 3. The van der Waals surface area contributed by atoms with E-state index in [9.17, 15) is 25.0 Å². The molecule has 3 fully saturated rings. The van der Waals surface area contributed by atoms with Crippen LogP contribution in [0, 0.1) is 12.3 Å². The molecule has 4 aromatic heterocycles. The largest absolute Gasteiger partial charge is 0.387 e. The van der Waals surface area contributed by atoms with Crippen molar-refractivity contribution in [3.63, 3.8) is 0 Å². The average Bonchev–Trinajstić information content (AvgIpc) is 3.51. The summed E-state index contributed by atoms with van der Waals surface area (Å²) >= 11 is 5.13. The number of halogens is 1. The van der Waals surface area contributed by atoms with Gasteiger partial charge in [-0.3, -0.25) is 23.4 Å². The number of aliphatic hydroxyl groups is 3. The standard InChI is InChI=1S/C22H22FN10O9PS/c1-2-21(10(35)9(34)18(41-21)32-5-28-7-14(24)26-4-27-15(7)32)3-39-43(38,44)42-13-19(40-12-11(36)22(12,13)23)33-6-29-8-16(33)30-20(25)31-17(8)37/h1,4-6,9-13,18-19,34-36H,3H2,(H,38,44)(H2,24,26,27)(H3,25,30,31,37)/t9-,10+,11?,12-,13?,18-,19-,21-,22+,43?/m1/s1. The first-order chi connectivity index (χ1) is 20.8. The Balaban J connectivity index is 1.14. The summed E-state index contributed by atoms with van der Waals surface area (Å²) in [4.78, 5) is 45.5. The van der Waals surface area contributed by atoms with E-state index in [-0.39, 0.29) is 34.1 Å². The summed E-state index contributed by atoms with van der Waals surface area (Å²) < 4.78 is 40.7. The fourth-order valence-corrected chi connectivity index (χ4v) is 6.85. The minimum absolute atomic E-state index is 0.0593. The van der Waals surface area contributed by atoms with Gasteiger partial charge in [0.05, 0.1) is 19.3 Å². The van der Waals surface area contributed by atoms with Crippen molar-refractivity contribution < 1.29 is 43.1 Å². The van der Waals surface area contributed by atoms with E-state index >= 15 is 4.39 Å².